The van der Waals surface area contributed by atoms with E-state index < -0.39 is 0 Å². The van der Waals surface area contributed by atoms with Crippen LogP contribution in [0.4, 0.5) is 0 Å². The predicted molar refractivity (Wildman–Crippen MR) is 106 cm³/mol. The van der Waals surface area contributed by atoms with E-state index in [0.29, 0.717) is 26.1 Å². The van der Waals surface area contributed by atoms with E-state index in [-0.39, 0.29) is 17.9 Å². The number of ether oxygens (including phenoxy) is 2. The molecule has 2 fully saturated rings. The summed E-state index contributed by atoms with van der Waals surface area (Å²) in [6.45, 7) is 5.07. The van der Waals surface area contributed by atoms with Crippen molar-refractivity contribution >= 4 is 11.8 Å². The molecule has 2 saturated heterocycles. The molecule has 7 nitrogen and oxygen atoms in total. The summed E-state index contributed by atoms with van der Waals surface area (Å²) in [5.41, 5.74) is 0.992. The second-order valence-corrected chi connectivity index (χ2v) is 7.42. The van der Waals surface area contributed by atoms with Gasteiger partial charge in [-0.2, -0.15) is 0 Å². The topological polar surface area (TPSA) is 62.3 Å². The smallest absolute Gasteiger partial charge is 0.240 e. The number of likely N-dealkylation sites (tertiary alicyclic amines) is 1. The summed E-state index contributed by atoms with van der Waals surface area (Å²) in [5.74, 6) is 1.14. The molecule has 2 amide bonds. The molecule has 2 aliphatic heterocycles. The molecule has 0 radical (unpaired) electrons. The number of amides is 2. The SMILES string of the molecule is COCCN1CCC(N2CCCN(C(=O)Cc3ccc(OC)cc3)CC2)C1=O. The summed E-state index contributed by atoms with van der Waals surface area (Å²) in [6.07, 6.45) is 2.16. The number of hydrogen-bond acceptors (Lipinski definition) is 5. The Morgan fingerprint density at radius 2 is 1.86 bits per heavy atom. The van der Waals surface area contributed by atoms with Crippen molar-refractivity contribution < 1.29 is 19.1 Å². The highest BCUT2D eigenvalue weighted by molar-refractivity contribution is 5.84. The average Bonchev–Trinajstić information content (AvgIpc) is 2.92. The molecule has 28 heavy (non-hydrogen) atoms. The first-order valence-corrected chi connectivity index (χ1v) is 10.0. The Labute approximate surface area is 167 Å². The minimum atomic E-state index is -0.0477. The lowest BCUT2D eigenvalue weighted by molar-refractivity contribution is -0.132. The molecular formula is C21H31N3O4. The van der Waals surface area contributed by atoms with Gasteiger partial charge in [-0.25, -0.2) is 0 Å². The van der Waals surface area contributed by atoms with Crippen molar-refractivity contribution in [2.45, 2.75) is 25.3 Å². The Morgan fingerprint density at radius 1 is 1.07 bits per heavy atom. The van der Waals surface area contributed by atoms with E-state index in [9.17, 15) is 9.59 Å². The average molecular weight is 389 g/mol. The van der Waals surface area contributed by atoms with Crippen molar-refractivity contribution in [3.05, 3.63) is 29.8 Å². The van der Waals surface area contributed by atoms with Crippen molar-refractivity contribution in [3.8, 4) is 5.75 Å². The molecule has 1 unspecified atom stereocenters. The first-order chi connectivity index (χ1) is 13.6. The molecule has 0 N–H and O–H groups in total. The first-order valence-electron chi connectivity index (χ1n) is 10.0. The van der Waals surface area contributed by atoms with Gasteiger partial charge in [0.05, 0.1) is 26.2 Å². The van der Waals surface area contributed by atoms with Gasteiger partial charge in [-0.1, -0.05) is 12.1 Å². The molecule has 0 spiro atoms. The van der Waals surface area contributed by atoms with Crippen molar-refractivity contribution in [2.75, 3.05) is 60.1 Å². The Kier molecular flexibility index (Phi) is 7.28. The van der Waals surface area contributed by atoms with Crippen LogP contribution in [0.3, 0.4) is 0 Å². The molecule has 154 valence electrons. The highest BCUT2D eigenvalue weighted by Crippen LogP contribution is 2.19. The summed E-state index contributed by atoms with van der Waals surface area (Å²) in [6, 6.07) is 7.59. The van der Waals surface area contributed by atoms with Crippen LogP contribution < -0.4 is 4.74 Å². The van der Waals surface area contributed by atoms with E-state index in [1.54, 1.807) is 14.2 Å². The largest absolute Gasteiger partial charge is 0.497 e. The van der Waals surface area contributed by atoms with E-state index in [4.69, 9.17) is 9.47 Å². The van der Waals surface area contributed by atoms with Gasteiger partial charge in [0.15, 0.2) is 0 Å². The van der Waals surface area contributed by atoms with Gasteiger partial charge in [-0.05, 0) is 30.5 Å². The lowest BCUT2D eigenvalue weighted by Gasteiger charge is -2.26. The number of nitrogens with zero attached hydrogens (tertiary/aromatic N) is 3. The third-order valence-corrected chi connectivity index (χ3v) is 5.67. The standard InChI is InChI=1S/C21H31N3O4/c1-27-15-14-24-11-8-19(21(24)26)22-9-3-10-23(13-12-22)20(25)16-17-4-6-18(28-2)7-5-17/h4-7,19H,3,8-16H2,1-2H3. The molecule has 7 heteroatoms. The van der Waals surface area contributed by atoms with Crippen molar-refractivity contribution in [3.63, 3.8) is 0 Å². The van der Waals surface area contributed by atoms with Gasteiger partial charge in [0, 0.05) is 46.4 Å². The number of carbonyl (C=O) groups excluding carboxylic acids is 2. The van der Waals surface area contributed by atoms with Crippen LogP contribution in [0.2, 0.25) is 0 Å². The minimum absolute atomic E-state index is 0.0477. The quantitative estimate of drug-likeness (QED) is 0.697. The van der Waals surface area contributed by atoms with Crippen LogP contribution in [0.5, 0.6) is 5.75 Å². The summed E-state index contributed by atoms with van der Waals surface area (Å²) >= 11 is 0. The second-order valence-electron chi connectivity index (χ2n) is 7.42. The third kappa shape index (κ3) is 5.02. The van der Waals surface area contributed by atoms with Gasteiger partial charge in [-0.15, -0.1) is 0 Å². The van der Waals surface area contributed by atoms with Crippen molar-refractivity contribution in [1.82, 2.24) is 14.7 Å². The molecular weight excluding hydrogens is 358 g/mol. The fourth-order valence-corrected chi connectivity index (χ4v) is 4.01. The molecule has 1 atom stereocenters. The molecule has 3 rings (SSSR count). The zero-order chi connectivity index (χ0) is 19.9. The van der Waals surface area contributed by atoms with E-state index in [0.717, 1.165) is 50.3 Å². The second kappa shape index (κ2) is 9.89. The fraction of sp³-hybridized carbons (Fsp3) is 0.619. The maximum absolute atomic E-state index is 12.7. The molecule has 2 heterocycles. The summed E-state index contributed by atoms with van der Waals surface area (Å²) in [4.78, 5) is 31.5. The van der Waals surface area contributed by atoms with Crippen molar-refractivity contribution in [1.29, 1.82) is 0 Å². The Hall–Kier alpha value is -2.12. The van der Waals surface area contributed by atoms with Crippen LogP contribution in [-0.4, -0.2) is 92.7 Å². The first kappa shape index (κ1) is 20.6. The van der Waals surface area contributed by atoms with Crippen LogP contribution in [0.1, 0.15) is 18.4 Å². The molecule has 2 aliphatic rings. The van der Waals surface area contributed by atoms with Gasteiger partial charge in [0.25, 0.3) is 0 Å². The van der Waals surface area contributed by atoms with Crippen LogP contribution in [0.25, 0.3) is 0 Å². The highest BCUT2D eigenvalue weighted by Gasteiger charge is 2.36. The zero-order valence-electron chi connectivity index (χ0n) is 16.9. The third-order valence-electron chi connectivity index (χ3n) is 5.67. The highest BCUT2D eigenvalue weighted by atomic mass is 16.5. The molecule has 0 bridgehead atoms. The molecule has 0 saturated carbocycles. The monoisotopic (exact) mass is 389 g/mol. The molecule has 0 aliphatic carbocycles. The molecule has 0 aromatic heterocycles. The van der Waals surface area contributed by atoms with E-state index in [1.165, 1.54) is 0 Å². The number of rotatable bonds is 7. The number of hydrogen-bond donors (Lipinski definition) is 0. The van der Waals surface area contributed by atoms with Crippen LogP contribution in [-0.2, 0) is 20.7 Å². The fourth-order valence-electron chi connectivity index (χ4n) is 4.01. The Bertz CT molecular complexity index is 664. The number of benzene rings is 1. The van der Waals surface area contributed by atoms with Gasteiger partial charge in [0.1, 0.15) is 5.75 Å². The Balaban J connectivity index is 1.51. The lowest BCUT2D eigenvalue weighted by Crippen LogP contribution is -2.44. The molecule has 1 aromatic carbocycles. The number of carbonyl (C=O) groups is 2. The maximum Gasteiger partial charge on any atom is 0.240 e. The summed E-state index contributed by atoms with van der Waals surface area (Å²) in [7, 11) is 3.29. The number of methoxy groups -OCH3 is 2. The van der Waals surface area contributed by atoms with E-state index >= 15 is 0 Å². The Morgan fingerprint density at radius 3 is 2.57 bits per heavy atom. The van der Waals surface area contributed by atoms with Gasteiger partial charge in [-0.3, -0.25) is 14.5 Å². The maximum atomic E-state index is 12.7. The van der Waals surface area contributed by atoms with E-state index in [1.807, 2.05) is 34.1 Å². The van der Waals surface area contributed by atoms with Crippen molar-refractivity contribution in [2.24, 2.45) is 0 Å². The van der Waals surface area contributed by atoms with E-state index in [2.05, 4.69) is 4.90 Å². The lowest BCUT2D eigenvalue weighted by atomic mass is 10.1. The summed E-state index contributed by atoms with van der Waals surface area (Å²) in [5, 5.41) is 0. The van der Waals surface area contributed by atoms with Gasteiger partial charge < -0.3 is 19.3 Å². The van der Waals surface area contributed by atoms with Crippen LogP contribution in [0, 0.1) is 0 Å². The zero-order valence-corrected chi connectivity index (χ0v) is 16.9. The van der Waals surface area contributed by atoms with Crippen LogP contribution in [0.15, 0.2) is 24.3 Å². The normalized spacial score (nSPS) is 21.1. The van der Waals surface area contributed by atoms with Gasteiger partial charge in [0.2, 0.25) is 11.8 Å². The van der Waals surface area contributed by atoms with Gasteiger partial charge >= 0.3 is 0 Å². The summed E-state index contributed by atoms with van der Waals surface area (Å²) < 4.78 is 10.3. The molecule has 1 aromatic rings. The predicted octanol–water partition coefficient (Wildman–Crippen LogP) is 1.02. The minimum Gasteiger partial charge on any atom is -0.497 e. The van der Waals surface area contributed by atoms with Crippen LogP contribution >= 0.6 is 0 Å².